The van der Waals surface area contributed by atoms with Crippen LogP contribution in [0.4, 0.5) is 0 Å². The zero-order valence-electron chi connectivity index (χ0n) is 11.7. The van der Waals surface area contributed by atoms with Crippen molar-refractivity contribution >= 4 is 17.7 Å². The first-order valence-electron chi connectivity index (χ1n) is 6.45. The third kappa shape index (κ3) is 4.05. The van der Waals surface area contributed by atoms with Gasteiger partial charge in [0, 0.05) is 13.1 Å². The van der Waals surface area contributed by atoms with Crippen LogP contribution in [0.5, 0.6) is 0 Å². The van der Waals surface area contributed by atoms with Crippen LogP contribution in [0, 0.1) is 0 Å². The molecule has 0 radical (unpaired) electrons. The van der Waals surface area contributed by atoms with Crippen molar-refractivity contribution in [1.82, 2.24) is 15.1 Å². The molecule has 1 rings (SSSR count). The van der Waals surface area contributed by atoms with Crippen LogP contribution in [-0.2, 0) is 6.54 Å². The number of nitrogens with one attached hydrogen (secondary N) is 1. The van der Waals surface area contributed by atoms with Gasteiger partial charge in [0.1, 0.15) is 5.69 Å². The summed E-state index contributed by atoms with van der Waals surface area (Å²) in [5.41, 5.74) is 1.65. The molecule has 4 nitrogen and oxygen atoms in total. The summed E-state index contributed by atoms with van der Waals surface area (Å²) >= 11 is 1.80. The Kier molecular flexibility index (Phi) is 6.25. The van der Waals surface area contributed by atoms with Crippen molar-refractivity contribution in [1.29, 1.82) is 0 Å². The molecule has 5 heteroatoms. The van der Waals surface area contributed by atoms with E-state index in [1.807, 2.05) is 13.0 Å². The van der Waals surface area contributed by atoms with E-state index < -0.39 is 0 Å². The van der Waals surface area contributed by atoms with Crippen LogP contribution < -0.4 is 5.32 Å². The number of hydrogen-bond donors (Lipinski definition) is 1. The standard InChI is InChI=1S/C13H23N3OS/c1-5-16-12(9-11(15-16)10(2)3)13(17)14-7-6-8-18-4/h9-10H,5-8H2,1-4H3,(H,14,17). The average molecular weight is 269 g/mol. The topological polar surface area (TPSA) is 46.9 Å². The number of carbonyl (C=O) groups is 1. The minimum atomic E-state index is -0.0163. The lowest BCUT2D eigenvalue weighted by Crippen LogP contribution is -2.27. The Morgan fingerprint density at radius 1 is 1.56 bits per heavy atom. The lowest BCUT2D eigenvalue weighted by Gasteiger charge is -2.05. The number of rotatable bonds is 7. The Hall–Kier alpha value is -0.970. The molecule has 18 heavy (non-hydrogen) atoms. The van der Waals surface area contributed by atoms with Gasteiger partial charge in [-0.15, -0.1) is 0 Å². The van der Waals surface area contributed by atoms with Gasteiger partial charge in [0.25, 0.3) is 5.91 Å². The molecule has 0 aliphatic rings. The Labute approximate surface area is 114 Å². The van der Waals surface area contributed by atoms with Crippen LogP contribution in [-0.4, -0.2) is 34.2 Å². The number of amides is 1. The van der Waals surface area contributed by atoms with Crippen LogP contribution in [0.2, 0.25) is 0 Å². The number of aromatic nitrogens is 2. The van der Waals surface area contributed by atoms with Crippen LogP contribution in [0.1, 0.15) is 49.3 Å². The summed E-state index contributed by atoms with van der Waals surface area (Å²) in [6.07, 6.45) is 3.08. The van der Waals surface area contributed by atoms with E-state index in [2.05, 4.69) is 30.5 Å². The molecule has 0 aromatic carbocycles. The minimum Gasteiger partial charge on any atom is -0.351 e. The zero-order valence-corrected chi connectivity index (χ0v) is 12.5. The van der Waals surface area contributed by atoms with E-state index in [4.69, 9.17) is 0 Å². The van der Waals surface area contributed by atoms with E-state index in [0.29, 0.717) is 11.6 Å². The van der Waals surface area contributed by atoms with Crippen LogP contribution in [0.15, 0.2) is 6.07 Å². The fraction of sp³-hybridized carbons (Fsp3) is 0.692. The highest BCUT2D eigenvalue weighted by atomic mass is 32.2. The number of carbonyl (C=O) groups excluding carboxylic acids is 1. The highest BCUT2D eigenvalue weighted by Gasteiger charge is 2.15. The quantitative estimate of drug-likeness (QED) is 0.774. The molecule has 1 aromatic heterocycles. The van der Waals surface area contributed by atoms with E-state index in [9.17, 15) is 4.79 Å². The molecule has 1 N–H and O–H groups in total. The molecule has 1 aromatic rings. The molecule has 0 spiro atoms. The van der Waals surface area contributed by atoms with Gasteiger partial charge >= 0.3 is 0 Å². The van der Waals surface area contributed by atoms with Crippen LogP contribution in [0.25, 0.3) is 0 Å². The summed E-state index contributed by atoms with van der Waals surface area (Å²) < 4.78 is 1.78. The van der Waals surface area contributed by atoms with Crippen molar-refractivity contribution in [3.05, 3.63) is 17.5 Å². The molecule has 0 fully saturated rings. The molecule has 0 unspecified atom stereocenters. The highest BCUT2D eigenvalue weighted by Crippen LogP contribution is 2.14. The van der Waals surface area contributed by atoms with E-state index in [1.54, 1.807) is 16.4 Å². The average Bonchev–Trinajstić information content (AvgIpc) is 2.78. The van der Waals surface area contributed by atoms with Crippen molar-refractivity contribution in [3.8, 4) is 0 Å². The van der Waals surface area contributed by atoms with Crippen molar-refractivity contribution in [2.45, 2.75) is 39.7 Å². The molecule has 0 aliphatic heterocycles. The number of nitrogens with zero attached hydrogens (tertiary/aromatic N) is 2. The monoisotopic (exact) mass is 269 g/mol. The van der Waals surface area contributed by atoms with E-state index >= 15 is 0 Å². The summed E-state index contributed by atoms with van der Waals surface area (Å²) in [5, 5.41) is 7.39. The first-order chi connectivity index (χ1) is 8.60. The molecular weight excluding hydrogens is 246 g/mol. The first kappa shape index (κ1) is 15.1. The third-order valence-corrected chi connectivity index (χ3v) is 3.43. The van der Waals surface area contributed by atoms with Crippen molar-refractivity contribution in [2.75, 3.05) is 18.6 Å². The Balaban J connectivity index is 2.66. The van der Waals surface area contributed by atoms with Gasteiger partial charge in [-0.3, -0.25) is 9.48 Å². The van der Waals surface area contributed by atoms with Gasteiger partial charge in [-0.2, -0.15) is 16.9 Å². The van der Waals surface area contributed by atoms with Crippen LogP contribution >= 0.6 is 11.8 Å². The minimum absolute atomic E-state index is 0.0163. The summed E-state index contributed by atoms with van der Waals surface area (Å²) in [6.45, 7) is 7.62. The van der Waals surface area contributed by atoms with Crippen molar-refractivity contribution in [3.63, 3.8) is 0 Å². The second kappa shape index (κ2) is 7.46. The van der Waals surface area contributed by atoms with Gasteiger partial charge in [-0.1, -0.05) is 13.8 Å². The van der Waals surface area contributed by atoms with Gasteiger partial charge in [-0.05, 0) is 37.3 Å². The maximum Gasteiger partial charge on any atom is 0.269 e. The zero-order chi connectivity index (χ0) is 13.5. The Morgan fingerprint density at radius 3 is 2.83 bits per heavy atom. The van der Waals surface area contributed by atoms with Gasteiger partial charge in [0.05, 0.1) is 5.69 Å². The second-order valence-corrected chi connectivity index (χ2v) is 5.51. The maximum absolute atomic E-state index is 12.0. The molecular formula is C13H23N3OS. The van der Waals surface area contributed by atoms with Crippen molar-refractivity contribution < 1.29 is 4.79 Å². The van der Waals surface area contributed by atoms with Gasteiger partial charge in [0.2, 0.25) is 0 Å². The predicted molar refractivity (Wildman–Crippen MR) is 77.3 cm³/mol. The molecule has 0 saturated carbocycles. The molecule has 0 bridgehead atoms. The fourth-order valence-corrected chi connectivity index (χ4v) is 2.08. The van der Waals surface area contributed by atoms with Gasteiger partial charge < -0.3 is 5.32 Å². The molecule has 0 aliphatic carbocycles. The van der Waals surface area contributed by atoms with Gasteiger partial charge in [0.15, 0.2) is 0 Å². The number of aryl methyl sites for hydroxylation is 1. The molecule has 1 heterocycles. The summed E-state index contributed by atoms with van der Waals surface area (Å²) in [7, 11) is 0. The SMILES string of the molecule is CCn1nc(C(C)C)cc1C(=O)NCCCSC. The van der Waals surface area contributed by atoms with E-state index in [0.717, 1.165) is 31.0 Å². The smallest absolute Gasteiger partial charge is 0.269 e. The predicted octanol–water partition coefficient (Wildman–Crippen LogP) is 2.51. The lowest BCUT2D eigenvalue weighted by atomic mass is 10.1. The Bertz CT molecular complexity index is 388. The summed E-state index contributed by atoms with van der Waals surface area (Å²) in [6, 6.07) is 1.90. The first-order valence-corrected chi connectivity index (χ1v) is 7.84. The molecule has 0 atom stereocenters. The maximum atomic E-state index is 12.0. The second-order valence-electron chi connectivity index (χ2n) is 4.53. The summed E-state index contributed by atoms with van der Waals surface area (Å²) in [4.78, 5) is 12.0. The van der Waals surface area contributed by atoms with E-state index in [-0.39, 0.29) is 5.91 Å². The normalized spacial score (nSPS) is 10.9. The molecule has 1 amide bonds. The third-order valence-electron chi connectivity index (χ3n) is 2.73. The molecule has 102 valence electrons. The van der Waals surface area contributed by atoms with Gasteiger partial charge in [-0.25, -0.2) is 0 Å². The summed E-state index contributed by atoms with van der Waals surface area (Å²) in [5.74, 6) is 1.41. The van der Waals surface area contributed by atoms with Crippen LogP contribution in [0.3, 0.4) is 0 Å². The number of hydrogen-bond acceptors (Lipinski definition) is 3. The van der Waals surface area contributed by atoms with Crippen molar-refractivity contribution in [2.24, 2.45) is 0 Å². The molecule has 0 saturated heterocycles. The largest absolute Gasteiger partial charge is 0.351 e. The Morgan fingerprint density at radius 2 is 2.28 bits per heavy atom. The lowest BCUT2D eigenvalue weighted by molar-refractivity contribution is 0.0943. The fourth-order valence-electron chi connectivity index (χ4n) is 1.65. The number of thioether (sulfide) groups is 1. The van der Waals surface area contributed by atoms with E-state index in [1.165, 1.54) is 0 Å². The highest BCUT2D eigenvalue weighted by molar-refractivity contribution is 7.98.